The lowest BCUT2D eigenvalue weighted by Crippen LogP contribution is -2.29. The second-order valence-electron chi connectivity index (χ2n) is 6.82. The van der Waals surface area contributed by atoms with E-state index in [1.807, 2.05) is 30.3 Å². The Morgan fingerprint density at radius 1 is 1.16 bits per heavy atom. The first kappa shape index (κ1) is 24.6. The highest BCUT2D eigenvalue weighted by Crippen LogP contribution is 2.35. The van der Waals surface area contributed by atoms with E-state index >= 15 is 0 Å². The molecule has 4 nitrogen and oxygen atoms in total. The number of anilines is 1. The van der Waals surface area contributed by atoms with Gasteiger partial charge in [-0.3, -0.25) is 14.5 Å². The van der Waals surface area contributed by atoms with Crippen molar-refractivity contribution in [3.05, 3.63) is 65.8 Å². The number of hydrogen-bond acceptors (Lipinski definition) is 4. The zero-order valence-corrected chi connectivity index (χ0v) is 23.0. The predicted octanol–water partition coefficient (Wildman–Crippen LogP) is 7.16. The maximum Gasteiger partial charge on any atom is 0.266 e. The second-order valence-corrected chi connectivity index (χ2v) is 11.1. The third-order valence-electron chi connectivity index (χ3n) is 4.62. The molecule has 1 fully saturated rings. The van der Waals surface area contributed by atoms with Crippen molar-refractivity contribution in [3.63, 3.8) is 0 Å². The van der Waals surface area contributed by atoms with Crippen LogP contribution in [-0.4, -0.2) is 27.6 Å². The van der Waals surface area contributed by atoms with Gasteiger partial charge in [0, 0.05) is 26.4 Å². The van der Waals surface area contributed by atoms with E-state index in [1.165, 1.54) is 17.3 Å². The molecule has 3 rings (SSSR count). The van der Waals surface area contributed by atoms with Crippen molar-refractivity contribution in [2.45, 2.75) is 26.2 Å². The molecule has 1 aliphatic heterocycles. The minimum absolute atomic E-state index is 0.103. The van der Waals surface area contributed by atoms with Crippen LogP contribution < -0.4 is 5.32 Å². The number of thioether (sulfide) groups is 1. The lowest BCUT2D eigenvalue weighted by Gasteiger charge is -2.14. The minimum Gasteiger partial charge on any atom is -0.324 e. The molecule has 0 aliphatic carbocycles. The molecule has 9 heteroatoms. The molecule has 1 saturated heterocycles. The van der Waals surface area contributed by atoms with Gasteiger partial charge in [-0.1, -0.05) is 71.1 Å². The Balaban J connectivity index is 1.55. The van der Waals surface area contributed by atoms with Gasteiger partial charge in [-0.25, -0.2) is 0 Å². The van der Waals surface area contributed by atoms with E-state index in [2.05, 4.69) is 72.2 Å². The standard InChI is InChI=1S/C22H19Br3N2O2S2/c1-2-13-5-7-14(8-6-13)10-18-21(29)27(22(30)31-18)9-3-4-19(28)26-20-16(24)11-15(23)12-17(20)25/h5-8,10-12H,2-4,9H2,1H3,(H,26,28)/b18-10-. The summed E-state index contributed by atoms with van der Waals surface area (Å²) < 4.78 is 2.97. The zero-order valence-electron chi connectivity index (χ0n) is 16.6. The Labute approximate surface area is 216 Å². The Morgan fingerprint density at radius 3 is 2.42 bits per heavy atom. The Bertz CT molecular complexity index is 1030. The van der Waals surface area contributed by atoms with Crippen molar-refractivity contribution in [1.82, 2.24) is 4.90 Å². The van der Waals surface area contributed by atoms with Crippen LogP contribution in [0.4, 0.5) is 5.69 Å². The smallest absolute Gasteiger partial charge is 0.266 e. The number of nitrogens with one attached hydrogen (secondary N) is 1. The lowest BCUT2D eigenvalue weighted by atomic mass is 10.1. The van der Waals surface area contributed by atoms with Gasteiger partial charge < -0.3 is 5.32 Å². The zero-order chi connectivity index (χ0) is 22.5. The van der Waals surface area contributed by atoms with Gasteiger partial charge in [0.15, 0.2) is 0 Å². The fourth-order valence-corrected chi connectivity index (χ4v) is 6.72. The lowest BCUT2D eigenvalue weighted by molar-refractivity contribution is -0.122. The van der Waals surface area contributed by atoms with Gasteiger partial charge in [0.25, 0.3) is 5.91 Å². The van der Waals surface area contributed by atoms with Crippen LogP contribution in [0.5, 0.6) is 0 Å². The normalized spacial score (nSPS) is 15.1. The minimum atomic E-state index is -0.124. The van der Waals surface area contributed by atoms with E-state index in [0.717, 1.165) is 25.4 Å². The van der Waals surface area contributed by atoms with Gasteiger partial charge in [0.1, 0.15) is 4.32 Å². The topological polar surface area (TPSA) is 49.4 Å². The van der Waals surface area contributed by atoms with Crippen LogP contribution in [-0.2, 0) is 16.0 Å². The molecule has 0 bridgehead atoms. The number of hydrogen-bond donors (Lipinski definition) is 1. The molecule has 2 aromatic carbocycles. The number of nitrogens with zero attached hydrogens (tertiary/aromatic N) is 1. The molecular formula is C22H19Br3N2O2S2. The number of benzene rings is 2. The number of carbonyl (C=O) groups excluding carboxylic acids is 2. The summed E-state index contributed by atoms with van der Waals surface area (Å²) in [6, 6.07) is 11.9. The molecule has 0 unspecified atom stereocenters. The highest BCUT2D eigenvalue weighted by Gasteiger charge is 2.31. The van der Waals surface area contributed by atoms with E-state index in [-0.39, 0.29) is 18.2 Å². The van der Waals surface area contributed by atoms with Gasteiger partial charge in [0.05, 0.1) is 10.6 Å². The summed E-state index contributed by atoms with van der Waals surface area (Å²) in [5.74, 6) is -0.228. The first-order valence-corrected chi connectivity index (χ1v) is 13.2. The van der Waals surface area contributed by atoms with Crippen LogP contribution in [0, 0.1) is 0 Å². The summed E-state index contributed by atoms with van der Waals surface area (Å²) in [6.07, 6.45) is 3.64. The maximum atomic E-state index is 12.8. The van der Waals surface area contributed by atoms with Crippen molar-refractivity contribution in [2.24, 2.45) is 0 Å². The van der Waals surface area contributed by atoms with Gasteiger partial charge in [0.2, 0.25) is 5.91 Å². The van der Waals surface area contributed by atoms with Gasteiger partial charge >= 0.3 is 0 Å². The summed E-state index contributed by atoms with van der Waals surface area (Å²) in [5, 5.41) is 2.90. The van der Waals surface area contributed by atoms with Crippen molar-refractivity contribution in [1.29, 1.82) is 0 Å². The van der Waals surface area contributed by atoms with Crippen LogP contribution in [0.2, 0.25) is 0 Å². The van der Waals surface area contributed by atoms with Crippen LogP contribution >= 0.6 is 71.8 Å². The molecule has 1 N–H and O–H groups in total. The van der Waals surface area contributed by atoms with Crippen molar-refractivity contribution in [3.8, 4) is 0 Å². The second kappa shape index (κ2) is 11.2. The average Bonchev–Trinajstić information content (AvgIpc) is 2.98. The molecule has 0 atom stereocenters. The Kier molecular flexibility index (Phi) is 8.92. The molecule has 0 spiro atoms. The molecule has 2 amide bonds. The van der Waals surface area contributed by atoms with Crippen LogP contribution in [0.1, 0.15) is 30.9 Å². The number of halogens is 3. The number of carbonyl (C=O) groups is 2. The quantitative estimate of drug-likeness (QED) is 0.256. The molecule has 162 valence electrons. The average molecular weight is 647 g/mol. The van der Waals surface area contributed by atoms with Crippen molar-refractivity contribution < 1.29 is 9.59 Å². The van der Waals surface area contributed by atoms with E-state index in [9.17, 15) is 9.59 Å². The van der Waals surface area contributed by atoms with Crippen LogP contribution in [0.3, 0.4) is 0 Å². The maximum absolute atomic E-state index is 12.8. The van der Waals surface area contributed by atoms with Gasteiger partial charge in [-0.2, -0.15) is 0 Å². The number of aryl methyl sites for hydroxylation is 1. The summed E-state index contributed by atoms with van der Waals surface area (Å²) in [4.78, 5) is 27.3. The number of thiocarbonyl (C=S) groups is 1. The molecule has 0 saturated carbocycles. The third kappa shape index (κ3) is 6.51. The van der Waals surface area contributed by atoms with Gasteiger partial charge in [-0.05, 0) is 74.0 Å². The molecular weight excluding hydrogens is 628 g/mol. The van der Waals surface area contributed by atoms with E-state index in [0.29, 0.717) is 27.9 Å². The first-order chi connectivity index (χ1) is 14.8. The fraction of sp³-hybridized carbons (Fsp3) is 0.227. The van der Waals surface area contributed by atoms with Gasteiger partial charge in [-0.15, -0.1) is 0 Å². The third-order valence-corrected chi connectivity index (χ3v) is 7.70. The van der Waals surface area contributed by atoms with Crippen molar-refractivity contribution in [2.75, 3.05) is 11.9 Å². The number of rotatable bonds is 7. The SMILES string of the molecule is CCc1ccc(/C=C2\SC(=S)N(CCCC(=O)Nc3c(Br)cc(Br)cc3Br)C2=O)cc1. The summed E-state index contributed by atoms with van der Waals surface area (Å²) >= 11 is 17.0. The first-order valence-electron chi connectivity index (χ1n) is 9.57. The van der Waals surface area contributed by atoms with Crippen LogP contribution in [0.15, 0.2) is 54.7 Å². The number of amides is 2. The molecule has 1 heterocycles. The van der Waals surface area contributed by atoms with Crippen molar-refractivity contribution >= 4 is 99.7 Å². The Morgan fingerprint density at radius 2 is 1.81 bits per heavy atom. The highest BCUT2D eigenvalue weighted by atomic mass is 79.9. The molecule has 1 aliphatic rings. The summed E-state index contributed by atoms with van der Waals surface area (Å²) in [6.45, 7) is 2.52. The van der Waals surface area contributed by atoms with E-state index < -0.39 is 0 Å². The molecule has 0 radical (unpaired) electrons. The molecule has 0 aromatic heterocycles. The van der Waals surface area contributed by atoms with E-state index in [1.54, 1.807) is 4.90 Å². The molecule has 31 heavy (non-hydrogen) atoms. The monoisotopic (exact) mass is 644 g/mol. The highest BCUT2D eigenvalue weighted by molar-refractivity contribution is 9.11. The predicted molar refractivity (Wildman–Crippen MR) is 143 cm³/mol. The van der Waals surface area contributed by atoms with Crippen LogP contribution in [0.25, 0.3) is 6.08 Å². The molecule has 2 aromatic rings. The Hall–Kier alpha value is -1.00. The largest absolute Gasteiger partial charge is 0.324 e. The van der Waals surface area contributed by atoms with E-state index in [4.69, 9.17) is 12.2 Å². The summed E-state index contributed by atoms with van der Waals surface area (Å²) in [5.41, 5.74) is 2.91. The fourth-order valence-electron chi connectivity index (χ4n) is 2.95. The summed E-state index contributed by atoms with van der Waals surface area (Å²) in [7, 11) is 0.